The molecule has 2 aromatic carbocycles. The summed E-state index contributed by atoms with van der Waals surface area (Å²) in [6.07, 6.45) is -0.583. The third-order valence-electron chi connectivity index (χ3n) is 9.52. The number of benzene rings is 2. The second-order valence-corrected chi connectivity index (χ2v) is 12.7. The number of carbonyl (C=O) groups is 1. The van der Waals surface area contributed by atoms with Gasteiger partial charge < -0.3 is 25.5 Å². The number of nitrogens with zero attached hydrogens (tertiary/aromatic N) is 5. The second-order valence-electron chi connectivity index (χ2n) is 12.7. The molecule has 5 heterocycles. The number of nitrogens with one attached hydrogen (secondary N) is 1. The highest BCUT2D eigenvalue weighted by atomic mass is 19.2. The van der Waals surface area contributed by atoms with Gasteiger partial charge in [0.2, 0.25) is 5.43 Å². The summed E-state index contributed by atoms with van der Waals surface area (Å²) in [5.74, 6) is -8.70. The minimum absolute atomic E-state index is 0.151. The minimum atomic E-state index is -2.31. The average Bonchev–Trinajstić information content (AvgIpc) is 3.51. The minimum Gasteiger partial charge on any atom is -0.477 e. The van der Waals surface area contributed by atoms with Crippen molar-refractivity contribution in [2.24, 2.45) is 11.8 Å². The Hall–Kier alpha value is -6.27. The topological polar surface area (TPSA) is 163 Å². The standard InChI is InChI=1S/C35H22F6N6O6/c36-13-1-3-25(21(38)5-13)46-11-19(34(50)51)28(48)15-7-23(40)30(43-31(15)46)42-27-17-9-45(10-18(17)27)33-24(41)8-16-29(49)20(35(52)53)12-47(32(16)44-33)26-4-2-14(37)6-22(26)39/h1-8,11-12,17-18,27,34,50-51H,9-10H2,(H,42,43)(H,52,53). The summed E-state index contributed by atoms with van der Waals surface area (Å²) in [6, 6.07) is 6.16. The SMILES string of the molecule is O=C(O)c1cn(-c2ccc(F)cc2F)c2nc(N3CC4C(C3)C4Nc3nc4c(cc3F)c(=O)c(C(O)O)cn4-c3ccc(F)cc3F)c(F)cc2c1=O. The monoisotopic (exact) mass is 736 g/mol. The molecule has 1 saturated carbocycles. The predicted octanol–water partition coefficient (Wildman–Crippen LogP) is 4.15. The van der Waals surface area contributed by atoms with Crippen molar-refractivity contribution in [3.05, 3.63) is 127 Å². The largest absolute Gasteiger partial charge is 0.477 e. The highest BCUT2D eigenvalue weighted by Crippen LogP contribution is 2.48. The van der Waals surface area contributed by atoms with Gasteiger partial charge in [0.1, 0.15) is 28.8 Å². The van der Waals surface area contributed by atoms with Gasteiger partial charge in [-0.25, -0.2) is 41.1 Å². The summed E-state index contributed by atoms with van der Waals surface area (Å²) in [7, 11) is 0. The van der Waals surface area contributed by atoms with Crippen LogP contribution in [0.5, 0.6) is 0 Å². The average molecular weight is 737 g/mol. The van der Waals surface area contributed by atoms with Crippen molar-refractivity contribution in [1.29, 1.82) is 0 Å². The number of rotatable bonds is 7. The molecule has 0 bridgehead atoms. The van der Waals surface area contributed by atoms with Crippen molar-refractivity contribution in [2.45, 2.75) is 12.3 Å². The summed E-state index contributed by atoms with van der Waals surface area (Å²) in [4.78, 5) is 47.8. The molecule has 12 nitrogen and oxygen atoms in total. The van der Waals surface area contributed by atoms with Gasteiger partial charge in [-0.05, 0) is 36.4 Å². The first-order chi connectivity index (χ1) is 25.2. The van der Waals surface area contributed by atoms with Crippen LogP contribution in [-0.4, -0.2) is 59.5 Å². The van der Waals surface area contributed by atoms with E-state index in [1.807, 2.05) is 0 Å². The normalized spacial score (nSPS) is 17.9. The zero-order chi connectivity index (χ0) is 37.6. The van der Waals surface area contributed by atoms with Crippen LogP contribution in [0, 0.1) is 46.7 Å². The third kappa shape index (κ3) is 5.53. The summed E-state index contributed by atoms with van der Waals surface area (Å²) in [5.41, 5.74) is -4.71. The Bertz CT molecular complexity index is 2670. The number of piperidine rings is 1. The van der Waals surface area contributed by atoms with Gasteiger partial charge in [-0.3, -0.25) is 18.7 Å². The number of pyridine rings is 4. The second kappa shape index (κ2) is 12.2. The van der Waals surface area contributed by atoms with Crippen molar-refractivity contribution < 1.29 is 46.5 Å². The lowest BCUT2D eigenvalue weighted by Crippen LogP contribution is -2.30. The predicted molar refractivity (Wildman–Crippen MR) is 175 cm³/mol. The van der Waals surface area contributed by atoms with E-state index in [1.54, 1.807) is 0 Å². The first kappa shape index (κ1) is 33.9. The van der Waals surface area contributed by atoms with Gasteiger partial charge in [0.05, 0.1) is 27.7 Å². The van der Waals surface area contributed by atoms with Crippen LogP contribution in [-0.2, 0) is 0 Å². The Morgan fingerprint density at radius 1 is 0.736 bits per heavy atom. The van der Waals surface area contributed by atoms with Crippen LogP contribution in [0.4, 0.5) is 38.0 Å². The van der Waals surface area contributed by atoms with Gasteiger partial charge in [-0.2, -0.15) is 0 Å². The Labute approximate surface area is 291 Å². The number of aromatic nitrogens is 4. The lowest BCUT2D eigenvalue weighted by atomic mass is 10.1. The summed E-state index contributed by atoms with van der Waals surface area (Å²) < 4.78 is 90.0. The Kier molecular flexibility index (Phi) is 7.77. The van der Waals surface area contributed by atoms with Crippen LogP contribution in [0.2, 0.25) is 0 Å². The molecule has 2 aliphatic rings. The zero-order valence-electron chi connectivity index (χ0n) is 26.6. The van der Waals surface area contributed by atoms with Crippen LogP contribution in [0.1, 0.15) is 22.2 Å². The molecule has 0 spiro atoms. The highest BCUT2D eigenvalue weighted by molar-refractivity contribution is 5.92. The molecule has 53 heavy (non-hydrogen) atoms. The molecular weight excluding hydrogens is 714 g/mol. The molecule has 2 atom stereocenters. The molecule has 6 aromatic rings. The molecule has 0 radical (unpaired) electrons. The lowest BCUT2D eigenvalue weighted by molar-refractivity contribution is -0.0434. The number of hydrogen-bond acceptors (Lipinski definition) is 9. The quantitative estimate of drug-likeness (QED) is 0.138. The molecule has 4 N–H and O–H groups in total. The van der Waals surface area contributed by atoms with E-state index in [1.165, 1.54) is 4.90 Å². The molecule has 2 fully saturated rings. The van der Waals surface area contributed by atoms with Crippen LogP contribution >= 0.6 is 0 Å². The maximum Gasteiger partial charge on any atom is 0.341 e. The van der Waals surface area contributed by atoms with Gasteiger partial charge >= 0.3 is 5.97 Å². The molecule has 270 valence electrons. The van der Waals surface area contributed by atoms with Crippen molar-refractivity contribution in [2.75, 3.05) is 23.3 Å². The van der Waals surface area contributed by atoms with E-state index in [-0.39, 0.29) is 59.2 Å². The molecule has 8 rings (SSSR count). The molecule has 18 heteroatoms. The van der Waals surface area contributed by atoms with E-state index in [0.717, 1.165) is 57.9 Å². The number of fused-ring (bicyclic) bond motifs is 3. The first-order valence-corrected chi connectivity index (χ1v) is 15.7. The smallest absolute Gasteiger partial charge is 0.341 e. The van der Waals surface area contributed by atoms with Crippen molar-refractivity contribution >= 4 is 39.7 Å². The summed E-state index contributed by atoms with van der Waals surface area (Å²) in [6.45, 7) is 0.303. The van der Waals surface area contributed by atoms with E-state index in [9.17, 15) is 47.3 Å². The van der Waals surface area contributed by atoms with Crippen molar-refractivity contribution in [3.63, 3.8) is 0 Å². The fourth-order valence-electron chi connectivity index (χ4n) is 6.91. The third-order valence-corrected chi connectivity index (χ3v) is 9.52. The number of hydrogen-bond donors (Lipinski definition) is 4. The number of carboxylic acids is 1. The molecule has 1 saturated heterocycles. The number of aliphatic hydroxyl groups excluding tert-OH is 1. The van der Waals surface area contributed by atoms with E-state index in [0.29, 0.717) is 12.1 Å². The van der Waals surface area contributed by atoms with Crippen molar-refractivity contribution in [3.8, 4) is 11.4 Å². The lowest BCUT2D eigenvalue weighted by Gasteiger charge is -2.23. The Morgan fingerprint density at radius 2 is 1.28 bits per heavy atom. The van der Waals surface area contributed by atoms with E-state index >= 15 is 8.78 Å². The van der Waals surface area contributed by atoms with Gasteiger partial charge in [-0.1, -0.05) is 0 Å². The fourth-order valence-corrected chi connectivity index (χ4v) is 6.91. The highest BCUT2D eigenvalue weighted by Gasteiger charge is 2.57. The van der Waals surface area contributed by atoms with Crippen LogP contribution in [0.3, 0.4) is 0 Å². The van der Waals surface area contributed by atoms with Crippen LogP contribution in [0.15, 0.2) is 70.5 Å². The molecule has 0 amide bonds. The fraction of sp³-hybridized carbons (Fsp3) is 0.171. The van der Waals surface area contributed by atoms with Crippen LogP contribution < -0.4 is 21.1 Å². The first-order valence-electron chi connectivity index (χ1n) is 15.7. The molecule has 1 aliphatic carbocycles. The Morgan fingerprint density at radius 3 is 1.85 bits per heavy atom. The summed E-state index contributed by atoms with van der Waals surface area (Å²) >= 11 is 0. The molecular formula is C35H22F6N6O6. The number of aliphatic hydroxyl groups is 2. The van der Waals surface area contributed by atoms with Gasteiger partial charge in [0.25, 0.3) is 0 Å². The van der Waals surface area contributed by atoms with E-state index < -0.39 is 86.0 Å². The Balaban J connectivity index is 1.12. The number of halogens is 6. The number of aromatic carboxylic acids is 1. The maximum absolute atomic E-state index is 15.6. The number of carboxylic acid groups (broad SMARTS) is 1. The molecule has 4 aromatic heterocycles. The summed E-state index contributed by atoms with van der Waals surface area (Å²) in [5, 5.41) is 31.2. The molecule has 1 aliphatic heterocycles. The van der Waals surface area contributed by atoms with E-state index in [4.69, 9.17) is 0 Å². The molecule has 2 unspecified atom stereocenters. The van der Waals surface area contributed by atoms with Gasteiger partial charge in [0.15, 0.2) is 46.3 Å². The van der Waals surface area contributed by atoms with E-state index in [2.05, 4.69) is 15.3 Å². The van der Waals surface area contributed by atoms with Crippen LogP contribution in [0.25, 0.3) is 33.4 Å². The van der Waals surface area contributed by atoms with Gasteiger partial charge in [0, 0.05) is 55.5 Å². The maximum atomic E-state index is 15.6. The van der Waals surface area contributed by atoms with Crippen molar-refractivity contribution in [1.82, 2.24) is 19.1 Å². The zero-order valence-corrected chi connectivity index (χ0v) is 26.6. The number of anilines is 2. The van der Waals surface area contributed by atoms with Gasteiger partial charge in [-0.15, -0.1) is 0 Å².